The summed E-state index contributed by atoms with van der Waals surface area (Å²) in [5.41, 5.74) is 2.49. The summed E-state index contributed by atoms with van der Waals surface area (Å²) in [5.74, 6) is -0.285. The van der Waals surface area contributed by atoms with E-state index in [1.165, 1.54) is 24.5 Å². The van der Waals surface area contributed by atoms with Gasteiger partial charge in [-0.3, -0.25) is 9.78 Å². The number of nitrogens with zero attached hydrogens (tertiary/aromatic N) is 1. The molecule has 5 nitrogen and oxygen atoms in total. The molecular weight excluding hydrogens is 280 g/mol. The summed E-state index contributed by atoms with van der Waals surface area (Å²) in [4.78, 5) is 15.5. The van der Waals surface area contributed by atoms with Crippen LogP contribution in [0.2, 0.25) is 0 Å². The van der Waals surface area contributed by atoms with Crippen molar-refractivity contribution in [1.29, 1.82) is 0 Å². The van der Waals surface area contributed by atoms with Gasteiger partial charge in [-0.05, 0) is 30.2 Å². The summed E-state index contributed by atoms with van der Waals surface area (Å²) < 4.78 is 0. The lowest BCUT2D eigenvalue weighted by molar-refractivity contribution is -0.116. The highest BCUT2D eigenvalue weighted by Crippen LogP contribution is 2.13. The maximum Gasteiger partial charge on any atom is 0.244 e. The standard InChI is InChI=1S/C17H18N2O3/c1-12-2-5-14(6-3-12)16(21)11-19-17(22)7-4-13-8-15(20)10-18-9-13/h2-10,16,20-21H,11H2,1H3,(H,19,22)/b7-4+. The van der Waals surface area contributed by atoms with Gasteiger partial charge in [0, 0.05) is 18.8 Å². The zero-order valence-electron chi connectivity index (χ0n) is 12.2. The summed E-state index contributed by atoms with van der Waals surface area (Å²) in [7, 11) is 0. The SMILES string of the molecule is Cc1ccc(C(O)CNC(=O)/C=C/c2cncc(O)c2)cc1. The van der Waals surface area contributed by atoms with Crippen molar-refractivity contribution < 1.29 is 15.0 Å². The number of hydrogen-bond donors (Lipinski definition) is 3. The number of benzene rings is 1. The molecule has 0 bridgehead atoms. The molecule has 0 saturated carbocycles. The number of hydrogen-bond acceptors (Lipinski definition) is 4. The molecule has 1 atom stereocenters. The normalized spacial score (nSPS) is 12.3. The molecule has 3 N–H and O–H groups in total. The van der Waals surface area contributed by atoms with E-state index in [9.17, 15) is 15.0 Å². The first-order valence-electron chi connectivity index (χ1n) is 6.89. The highest BCUT2D eigenvalue weighted by molar-refractivity contribution is 5.91. The molecule has 5 heteroatoms. The van der Waals surface area contributed by atoms with Gasteiger partial charge in [-0.15, -0.1) is 0 Å². The van der Waals surface area contributed by atoms with Crippen LogP contribution in [0.4, 0.5) is 0 Å². The van der Waals surface area contributed by atoms with E-state index in [0.29, 0.717) is 5.56 Å². The van der Waals surface area contributed by atoms with Gasteiger partial charge in [0.1, 0.15) is 5.75 Å². The Morgan fingerprint density at radius 2 is 2.05 bits per heavy atom. The third-order valence-electron chi connectivity index (χ3n) is 3.10. The predicted octanol–water partition coefficient (Wildman–Crippen LogP) is 1.96. The van der Waals surface area contributed by atoms with Gasteiger partial charge in [-0.25, -0.2) is 0 Å². The van der Waals surface area contributed by atoms with Crippen LogP contribution in [0, 0.1) is 6.92 Å². The fraction of sp³-hybridized carbons (Fsp3) is 0.176. The largest absolute Gasteiger partial charge is 0.506 e. The molecule has 0 aliphatic heterocycles. The Morgan fingerprint density at radius 3 is 2.73 bits per heavy atom. The summed E-state index contributed by atoms with van der Waals surface area (Å²) in [6, 6.07) is 8.99. The fourth-order valence-corrected chi connectivity index (χ4v) is 1.87. The van der Waals surface area contributed by atoms with Gasteiger partial charge in [0.05, 0.1) is 12.3 Å². The third-order valence-corrected chi connectivity index (χ3v) is 3.10. The Bertz CT molecular complexity index is 666. The number of aliphatic hydroxyl groups excluding tert-OH is 1. The van der Waals surface area contributed by atoms with E-state index >= 15 is 0 Å². The Morgan fingerprint density at radius 1 is 1.32 bits per heavy atom. The molecule has 2 aromatic rings. The highest BCUT2D eigenvalue weighted by Gasteiger charge is 2.07. The van der Waals surface area contributed by atoms with Crippen LogP contribution in [0.3, 0.4) is 0 Å². The first-order valence-corrected chi connectivity index (χ1v) is 6.89. The molecule has 1 unspecified atom stereocenters. The fourth-order valence-electron chi connectivity index (χ4n) is 1.87. The highest BCUT2D eigenvalue weighted by atomic mass is 16.3. The second-order valence-electron chi connectivity index (χ2n) is 4.98. The Labute approximate surface area is 129 Å². The van der Waals surface area contributed by atoms with Crippen molar-refractivity contribution in [2.75, 3.05) is 6.54 Å². The van der Waals surface area contributed by atoms with Gasteiger partial charge < -0.3 is 15.5 Å². The molecule has 0 aliphatic rings. The smallest absolute Gasteiger partial charge is 0.244 e. The minimum atomic E-state index is -0.750. The van der Waals surface area contributed by atoms with E-state index in [1.54, 1.807) is 6.08 Å². The Balaban J connectivity index is 1.86. The van der Waals surface area contributed by atoms with Crippen LogP contribution in [0.15, 0.2) is 48.8 Å². The number of amides is 1. The van der Waals surface area contributed by atoms with E-state index in [-0.39, 0.29) is 18.2 Å². The number of pyridine rings is 1. The number of aryl methyl sites for hydroxylation is 1. The van der Waals surface area contributed by atoms with Crippen LogP contribution in [0.5, 0.6) is 5.75 Å². The maximum absolute atomic E-state index is 11.7. The number of carbonyl (C=O) groups excluding carboxylic acids is 1. The molecule has 22 heavy (non-hydrogen) atoms. The van der Waals surface area contributed by atoms with Gasteiger partial charge in [0.25, 0.3) is 0 Å². The van der Waals surface area contributed by atoms with Crippen LogP contribution >= 0.6 is 0 Å². The molecule has 1 heterocycles. The summed E-state index contributed by atoms with van der Waals surface area (Å²) in [6.45, 7) is 2.10. The van der Waals surface area contributed by atoms with E-state index in [4.69, 9.17) is 0 Å². The number of nitrogens with one attached hydrogen (secondary N) is 1. The van der Waals surface area contributed by atoms with E-state index in [1.807, 2.05) is 31.2 Å². The van der Waals surface area contributed by atoms with Gasteiger partial charge in [0.2, 0.25) is 5.91 Å². The van der Waals surface area contributed by atoms with Crippen molar-refractivity contribution in [3.63, 3.8) is 0 Å². The van der Waals surface area contributed by atoms with Crippen LogP contribution < -0.4 is 5.32 Å². The minimum Gasteiger partial charge on any atom is -0.506 e. The Hall–Kier alpha value is -2.66. The average Bonchev–Trinajstić information content (AvgIpc) is 2.51. The second kappa shape index (κ2) is 7.38. The quantitative estimate of drug-likeness (QED) is 0.737. The first-order chi connectivity index (χ1) is 10.5. The molecule has 0 spiro atoms. The van der Waals surface area contributed by atoms with Gasteiger partial charge in [-0.1, -0.05) is 29.8 Å². The molecular formula is C17H18N2O3. The first kappa shape index (κ1) is 15.7. The third kappa shape index (κ3) is 4.71. The number of aliphatic hydroxyl groups is 1. The van der Waals surface area contributed by atoms with Gasteiger partial charge in [-0.2, -0.15) is 0 Å². The van der Waals surface area contributed by atoms with Gasteiger partial charge in [0.15, 0.2) is 0 Å². The molecule has 0 aliphatic carbocycles. The number of aromatic nitrogens is 1. The monoisotopic (exact) mass is 298 g/mol. The van der Waals surface area contributed by atoms with Crippen molar-refractivity contribution in [1.82, 2.24) is 10.3 Å². The van der Waals surface area contributed by atoms with Crippen molar-refractivity contribution in [2.45, 2.75) is 13.0 Å². The molecule has 1 aromatic heterocycles. The molecule has 114 valence electrons. The molecule has 1 amide bonds. The minimum absolute atomic E-state index is 0.0392. The van der Waals surface area contributed by atoms with E-state index in [2.05, 4.69) is 10.3 Å². The second-order valence-corrected chi connectivity index (χ2v) is 4.98. The molecule has 0 radical (unpaired) electrons. The number of aromatic hydroxyl groups is 1. The number of carbonyl (C=O) groups is 1. The van der Waals surface area contributed by atoms with Crippen LogP contribution in [0.25, 0.3) is 6.08 Å². The van der Waals surface area contributed by atoms with E-state index < -0.39 is 6.10 Å². The van der Waals surface area contributed by atoms with Crippen LogP contribution in [0.1, 0.15) is 22.8 Å². The number of rotatable bonds is 5. The predicted molar refractivity (Wildman–Crippen MR) is 84.1 cm³/mol. The summed E-state index contributed by atoms with van der Waals surface area (Å²) in [6.07, 6.45) is 4.97. The van der Waals surface area contributed by atoms with E-state index in [0.717, 1.165) is 11.1 Å². The average molecular weight is 298 g/mol. The van der Waals surface area contributed by atoms with Crippen molar-refractivity contribution in [3.8, 4) is 5.75 Å². The van der Waals surface area contributed by atoms with Crippen molar-refractivity contribution >= 4 is 12.0 Å². The lowest BCUT2D eigenvalue weighted by atomic mass is 10.1. The Kier molecular flexibility index (Phi) is 5.27. The lowest BCUT2D eigenvalue weighted by Gasteiger charge is -2.11. The lowest BCUT2D eigenvalue weighted by Crippen LogP contribution is -2.26. The zero-order chi connectivity index (χ0) is 15.9. The van der Waals surface area contributed by atoms with Crippen molar-refractivity contribution in [3.05, 3.63) is 65.5 Å². The van der Waals surface area contributed by atoms with Crippen molar-refractivity contribution in [2.24, 2.45) is 0 Å². The summed E-state index contributed by atoms with van der Waals surface area (Å²) >= 11 is 0. The molecule has 0 fully saturated rings. The molecule has 2 rings (SSSR count). The van der Waals surface area contributed by atoms with Gasteiger partial charge >= 0.3 is 0 Å². The van der Waals surface area contributed by atoms with Crippen LogP contribution in [-0.4, -0.2) is 27.6 Å². The van der Waals surface area contributed by atoms with Crippen LogP contribution in [-0.2, 0) is 4.79 Å². The molecule has 0 saturated heterocycles. The molecule has 1 aromatic carbocycles. The zero-order valence-corrected chi connectivity index (χ0v) is 12.2. The maximum atomic E-state index is 11.7. The topological polar surface area (TPSA) is 82.5 Å². The summed E-state index contributed by atoms with van der Waals surface area (Å²) in [5, 5.41) is 21.9.